The highest BCUT2D eigenvalue weighted by Crippen LogP contribution is 2.35. The Bertz CT molecular complexity index is 720. The van der Waals surface area contributed by atoms with Crippen molar-refractivity contribution >= 4 is 39.2 Å². The van der Waals surface area contributed by atoms with E-state index in [-0.39, 0.29) is 11.9 Å². The average molecular weight is 369 g/mol. The topological polar surface area (TPSA) is 41.6 Å². The molecule has 2 N–H and O–H groups in total. The van der Waals surface area contributed by atoms with Crippen molar-refractivity contribution in [1.29, 1.82) is 0 Å². The van der Waals surface area contributed by atoms with Crippen LogP contribution in [0.2, 0.25) is 5.02 Å². The van der Waals surface area contributed by atoms with E-state index in [4.69, 9.17) is 17.3 Å². The second-order valence-electron chi connectivity index (χ2n) is 4.73. The van der Waals surface area contributed by atoms with E-state index in [0.717, 1.165) is 11.3 Å². The predicted octanol–water partition coefficient (Wildman–Crippen LogP) is 4.12. The SMILES string of the molecule is NC1=NCC(c2ccc(F)cc2Br)N1c1cccc(Cl)c1. The van der Waals surface area contributed by atoms with Gasteiger partial charge in [0.25, 0.3) is 0 Å². The Labute approximate surface area is 135 Å². The summed E-state index contributed by atoms with van der Waals surface area (Å²) in [5.41, 5.74) is 7.81. The molecule has 0 fully saturated rings. The van der Waals surface area contributed by atoms with Gasteiger partial charge < -0.3 is 10.6 Å². The number of aliphatic imine (C=N–C) groups is 1. The molecule has 1 atom stereocenters. The molecule has 0 saturated carbocycles. The van der Waals surface area contributed by atoms with Crippen LogP contribution in [0.3, 0.4) is 0 Å². The van der Waals surface area contributed by atoms with Gasteiger partial charge in [0.1, 0.15) is 5.82 Å². The summed E-state index contributed by atoms with van der Waals surface area (Å²) in [5.74, 6) is 0.144. The van der Waals surface area contributed by atoms with Crippen LogP contribution in [-0.4, -0.2) is 12.5 Å². The number of hydrogen-bond donors (Lipinski definition) is 1. The summed E-state index contributed by atoms with van der Waals surface area (Å²) in [6.07, 6.45) is 0. The summed E-state index contributed by atoms with van der Waals surface area (Å²) in [6.45, 7) is 0.516. The minimum Gasteiger partial charge on any atom is -0.369 e. The molecule has 2 aromatic carbocycles. The zero-order chi connectivity index (χ0) is 15.0. The smallest absolute Gasteiger partial charge is 0.196 e. The van der Waals surface area contributed by atoms with E-state index in [1.165, 1.54) is 12.1 Å². The van der Waals surface area contributed by atoms with Crippen molar-refractivity contribution in [3.63, 3.8) is 0 Å². The van der Waals surface area contributed by atoms with Crippen LogP contribution in [0.4, 0.5) is 10.1 Å². The Balaban J connectivity index is 2.03. The summed E-state index contributed by atoms with van der Waals surface area (Å²) >= 11 is 9.46. The highest BCUT2D eigenvalue weighted by molar-refractivity contribution is 9.10. The lowest BCUT2D eigenvalue weighted by atomic mass is 10.1. The molecule has 108 valence electrons. The summed E-state index contributed by atoms with van der Waals surface area (Å²) in [6, 6.07) is 12.0. The van der Waals surface area contributed by atoms with Gasteiger partial charge in [-0.25, -0.2) is 4.39 Å². The van der Waals surface area contributed by atoms with Crippen LogP contribution in [0.25, 0.3) is 0 Å². The molecule has 0 spiro atoms. The third kappa shape index (κ3) is 2.76. The summed E-state index contributed by atoms with van der Waals surface area (Å²) in [7, 11) is 0. The van der Waals surface area contributed by atoms with Crippen molar-refractivity contribution in [2.45, 2.75) is 6.04 Å². The van der Waals surface area contributed by atoms with Gasteiger partial charge in [-0.1, -0.05) is 39.7 Å². The molecule has 0 amide bonds. The van der Waals surface area contributed by atoms with Crippen molar-refractivity contribution in [1.82, 2.24) is 0 Å². The van der Waals surface area contributed by atoms with E-state index in [1.54, 1.807) is 12.1 Å². The number of nitrogens with two attached hydrogens (primary N) is 1. The molecule has 0 aliphatic carbocycles. The molecule has 1 aliphatic rings. The maximum absolute atomic E-state index is 13.3. The molecule has 1 heterocycles. The average Bonchev–Trinajstić information content (AvgIpc) is 2.80. The van der Waals surface area contributed by atoms with E-state index in [1.807, 2.05) is 23.1 Å². The van der Waals surface area contributed by atoms with Crippen molar-refractivity contribution in [2.24, 2.45) is 10.7 Å². The van der Waals surface area contributed by atoms with Crippen LogP contribution in [0.5, 0.6) is 0 Å². The fourth-order valence-corrected chi connectivity index (χ4v) is 3.24. The Morgan fingerprint density at radius 3 is 2.81 bits per heavy atom. The molecule has 21 heavy (non-hydrogen) atoms. The summed E-state index contributed by atoms with van der Waals surface area (Å²) in [5, 5.41) is 0.629. The van der Waals surface area contributed by atoms with Gasteiger partial charge in [0, 0.05) is 15.2 Å². The molecule has 0 saturated heterocycles. The van der Waals surface area contributed by atoms with Gasteiger partial charge >= 0.3 is 0 Å². The van der Waals surface area contributed by atoms with Gasteiger partial charge in [0.05, 0.1) is 12.6 Å². The lowest BCUT2D eigenvalue weighted by molar-refractivity contribution is 0.624. The zero-order valence-electron chi connectivity index (χ0n) is 10.9. The Morgan fingerprint density at radius 1 is 1.29 bits per heavy atom. The van der Waals surface area contributed by atoms with Crippen molar-refractivity contribution in [3.05, 3.63) is 63.3 Å². The number of anilines is 1. The second kappa shape index (κ2) is 5.66. The first kappa shape index (κ1) is 14.4. The van der Waals surface area contributed by atoms with Gasteiger partial charge in [-0.2, -0.15) is 0 Å². The first-order chi connectivity index (χ1) is 10.1. The number of benzene rings is 2. The third-order valence-electron chi connectivity index (χ3n) is 3.39. The first-order valence-corrected chi connectivity index (χ1v) is 7.53. The summed E-state index contributed by atoms with van der Waals surface area (Å²) in [4.78, 5) is 6.21. The fraction of sp³-hybridized carbons (Fsp3) is 0.133. The molecule has 0 radical (unpaired) electrons. The Hall–Kier alpha value is -1.59. The van der Waals surface area contributed by atoms with Crippen molar-refractivity contribution in [2.75, 3.05) is 11.4 Å². The van der Waals surface area contributed by atoms with E-state index >= 15 is 0 Å². The zero-order valence-corrected chi connectivity index (χ0v) is 13.3. The van der Waals surface area contributed by atoms with Crippen LogP contribution in [-0.2, 0) is 0 Å². The molecular weight excluding hydrogens is 357 g/mol. The quantitative estimate of drug-likeness (QED) is 0.866. The number of nitrogens with zero attached hydrogens (tertiary/aromatic N) is 2. The van der Waals surface area contributed by atoms with Gasteiger partial charge in [0.15, 0.2) is 5.96 Å². The highest BCUT2D eigenvalue weighted by Gasteiger charge is 2.30. The van der Waals surface area contributed by atoms with Crippen LogP contribution < -0.4 is 10.6 Å². The lowest BCUT2D eigenvalue weighted by Crippen LogP contribution is -2.36. The van der Waals surface area contributed by atoms with Crippen LogP contribution in [0.1, 0.15) is 11.6 Å². The fourth-order valence-electron chi connectivity index (χ4n) is 2.44. The molecule has 3 nitrogen and oxygen atoms in total. The summed E-state index contributed by atoms with van der Waals surface area (Å²) < 4.78 is 14.0. The van der Waals surface area contributed by atoms with Gasteiger partial charge in [0.2, 0.25) is 0 Å². The molecule has 0 aromatic heterocycles. The highest BCUT2D eigenvalue weighted by atomic mass is 79.9. The number of rotatable bonds is 2. The first-order valence-electron chi connectivity index (χ1n) is 6.36. The van der Waals surface area contributed by atoms with Gasteiger partial charge in [-0.15, -0.1) is 0 Å². The van der Waals surface area contributed by atoms with Crippen LogP contribution >= 0.6 is 27.5 Å². The van der Waals surface area contributed by atoms with Crippen LogP contribution in [0, 0.1) is 5.82 Å². The Morgan fingerprint density at radius 2 is 2.10 bits per heavy atom. The minimum atomic E-state index is -0.285. The second-order valence-corrected chi connectivity index (χ2v) is 6.02. The standard InChI is InChI=1S/C15H12BrClFN3/c16-13-7-10(18)4-5-12(13)14-8-20-15(19)21(14)11-3-1-2-9(17)6-11/h1-7,14H,8H2,(H2,19,20). The Kier molecular flexibility index (Phi) is 3.87. The molecular formula is C15H12BrClFN3. The maximum Gasteiger partial charge on any atom is 0.196 e. The van der Waals surface area contributed by atoms with E-state index in [2.05, 4.69) is 20.9 Å². The van der Waals surface area contributed by atoms with Crippen LogP contribution in [0.15, 0.2) is 51.9 Å². The van der Waals surface area contributed by atoms with E-state index in [0.29, 0.717) is 22.0 Å². The van der Waals surface area contributed by atoms with Crippen molar-refractivity contribution in [3.8, 4) is 0 Å². The monoisotopic (exact) mass is 367 g/mol. The van der Waals surface area contributed by atoms with Gasteiger partial charge in [-0.3, -0.25) is 4.99 Å². The molecule has 1 unspecified atom stereocenters. The van der Waals surface area contributed by atoms with E-state index < -0.39 is 0 Å². The van der Waals surface area contributed by atoms with Crippen molar-refractivity contribution < 1.29 is 4.39 Å². The van der Waals surface area contributed by atoms with Gasteiger partial charge in [-0.05, 0) is 35.9 Å². The molecule has 2 aromatic rings. The molecule has 6 heteroatoms. The third-order valence-corrected chi connectivity index (χ3v) is 4.31. The predicted molar refractivity (Wildman–Crippen MR) is 87.3 cm³/mol. The maximum atomic E-state index is 13.3. The molecule has 0 bridgehead atoms. The lowest BCUT2D eigenvalue weighted by Gasteiger charge is -2.27. The van der Waals surface area contributed by atoms with E-state index in [9.17, 15) is 4.39 Å². The number of guanidine groups is 1. The normalized spacial score (nSPS) is 18.0. The molecule has 3 rings (SSSR count). The number of hydrogen-bond acceptors (Lipinski definition) is 3. The minimum absolute atomic E-state index is 0.0848. The number of halogens is 3. The molecule has 1 aliphatic heterocycles. The largest absolute Gasteiger partial charge is 0.369 e.